The number of amides is 1. The van der Waals surface area contributed by atoms with E-state index in [1.807, 2.05) is 31.2 Å². The number of rotatable bonds is 3. The molecule has 0 unspecified atom stereocenters. The maximum Gasteiger partial charge on any atom is 0.212 e. The first-order valence-electron chi connectivity index (χ1n) is 3.62. The maximum absolute atomic E-state index is 9.88. The molecular formula is C9H10N2O. The molecule has 0 aliphatic rings. The van der Waals surface area contributed by atoms with E-state index in [1.165, 1.54) is 6.34 Å². The summed E-state index contributed by atoms with van der Waals surface area (Å²) >= 11 is 0. The quantitative estimate of drug-likeness (QED) is 0.407. The van der Waals surface area contributed by atoms with Gasteiger partial charge in [-0.15, -0.1) is 0 Å². The van der Waals surface area contributed by atoms with Crippen molar-refractivity contribution in [2.75, 3.05) is 0 Å². The van der Waals surface area contributed by atoms with E-state index >= 15 is 0 Å². The lowest BCUT2D eigenvalue weighted by atomic mass is 10.2. The molecule has 0 bridgehead atoms. The predicted molar refractivity (Wildman–Crippen MR) is 48.5 cm³/mol. The monoisotopic (exact) mass is 162 g/mol. The zero-order valence-corrected chi connectivity index (χ0v) is 6.82. The number of hydrogen-bond acceptors (Lipinski definition) is 2. The second kappa shape index (κ2) is 4.28. The van der Waals surface area contributed by atoms with E-state index in [0.717, 1.165) is 11.3 Å². The van der Waals surface area contributed by atoms with Gasteiger partial charge in [0, 0.05) is 0 Å². The Bertz CT molecular complexity index is 294. The summed E-state index contributed by atoms with van der Waals surface area (Å²) in [4.78, 5) is 13.9. The van der Waals surface area contributed by atoms with Crippen molar-refractivity contribution in [2.24, 2.45) is 4.99 Å². The van der Waals surface area contributed by atoms with Gasteiger partial charge in [0.15, 0.2) is 0 Å². The molecule has 0 aliphatic heterocycles. The largest absolute Gasteiger partial charge is 0.319 e. The van der Waals surface area contributed by atoms with Gasteiger partial charge in [0.25, 0.3) is 0 Å². The summed E-state index contributed by atoms with van der Waals surface area (Å²) in [5.41, 5.74) is 1.95. The number of carbonyl (C=O) groups is 1. The van der Waals surface area contributed by atoms with Gasteiger partial charge in [-0.25, -0.2) is 4.99 Å². The molecule has 1 aromatic rings. The molecule has 0 spiro atoms. The summed E-state index contributed by atoms with van der Waals surface area (Å²) in [6.45, 7) is 1.97. The van der Waals surface area contributed by atoms with Gasteiger partial charge in [-0.1, -0.05) is 18.2 Å². The van der Waals surface area contributed by atoms with E-state index in [0.29, 0.717) is 6.41 Å². The van der Waals surface area contributed by atoms with Gasteiger partial charge < -0.3 is 5.32 Å². The van der Waals surface area contributed by atoms with Crippen LogP contribution in [0.2, 0.25) is 0 Å². The summed E-state index contributed by atoms with van der Waals surface area (Å²) in [7, 11) is 0. The summed E-state index contributed by atoms with van der Waals surface area (Å²) in [6.07, 6.45) is 1.96. The predicted octanol–water partition coefficient (Wildman–Crippen LogP) is 1.40. The van der Waals surface area contributed by atoms with Crippen molar-refractivity contribution in [1.29, 1.82) is 0 Å². The number of hydrogen-bond donors (Lipinski definition) is 1. The molecule has 12 heavy (non-hydrogen) atoms. The molecule has 0 heterocycles. The van der Waals surface area contributed by atoms with Crippen molar-refractivity contribution in [3.63, 3.8) is 0 Å². The Labute approximate surface area is 71.1 Å². The van der Waals surface area contributed by atoms with Crippen LogP contribution in [-0.4, -0.2) is 12.7 Å². The number of aliphatic imine (C=N–C) groups is 1. The van der Waals surface area contributed by atoms with Gasteiger partial charge in [-0.3, -0.25) is 4.79 Å². The average molecular weight is 162 g/mol. The van der Waals surface area contributed by atoms with E-state index in [-0.39, 0.29) is 0 Å². The maximum atomic E-state index is 9.88. The van der Waals surface area contributed by atoms with Crippen LogP contribution in [0.1, 0.15) is 5.56 Å². The molecule has 0 aromatic heterocycles. The lowest BCUT2D eigenvalue weighted by Gasteiger charge is -1.96. The van der Waals surface area contributed by atoms with E-state index < -0.39 is 0 Å². The van der Waals surface area contributed by atoms with Gasteiger partial charge in [-0.05, 0) is 18.6 Å². The third-order valence-corrected chi connectivity index (χ3v) is 1.46. The minimum Gasteiger partial charge on any atom is -0.319 e. The topological polar surface area (TPSA) is 41.5 Å². The van der Waals surface area contributed by atoms with E-state index in [4.69, 9.17) is 0 Å². The Morgan fingerprint density at radius 3 is 2.83 bits per heavy atom. The Balaban J connectivity index is 2.74. The van der Waals surface area contributed by atoms with Crippen LogP contribution in [0.25, 0.3) is 0 Å². The van der Waals surface area contributed by atoms with Crippen LogP contribution in [0.3, 0.4) is 0 Å². The molecule has 0 saturated carbocycles. The zero-order chi connectivity index (χ0) is 8.81. The normalized spacial score (nSPS) is 10.1. The fourth-order valence-electron chi connectivity index (χ4n) is 0.846. The lowest BCUT2D eigenvalue weighted by molar-refractivity contribution is -0.108. The second-order valence-corrected chi connectivity index (χ2v) is 2.33. The van der Waals surface area contributed by atoms with E-state index in [2.05, 4.69) is 10.3 Å². The molecule has 62 valence electrons. The minimum atomic E-state index is 0.585. The second-order valence-electron chi connectivity index (χ2n) is 2.33. The van der Waals surface area contributed by atoms with Crippen LogP contribution >= 0.6 is 0 Å². The van der Waals surface area contributed by atoms with Crippen molar-refractivity contribution in [1.82, 2.24) is 5.32 Å². The molecule has 0 radical (unpaired) electrons. The molecule has 1 amide bonds. The number of nitrogens with one attached hydrogen (secondary N) is 1. The highest BCUT2D eigenvalue weighted by molar-refractivity contribution is 5.74. The fourth-order valence-corrected chi connectivity index (χ4v) is 0.846. The van der Waals surface area contributed by atoms with Gasteiger partial charge in [0.1, 0.15) is 0 Å². The molecule has 0 fully saturated rings. The fraction of sp³-hybridized carbons (Fsp3) is 0.111. The Hall–Kier alpha value is -1.64. The van der Waals surface area contributed by atoms with Gasteiger partial charge in [0.05, 0.1) is 12.0 Å². The number of para-hydroxylation sites is 1. The standard InChI is InChI=1S/C9H10N2O/c1-8-4-2-3-5-9(8)11-6-10-7-12/h2-7H,1H3,(H,10,11,12). The first-order chi connectivity index (χ1) is 5.84. The Morgan fingerprint density at radius 1 is 1.42 bits per heavy atom. The highest BCUT2D eigenvalue weighted by Gasteiger charge is 1.90. The number of nitrogens with zero attached hydrogens (tertiary/aromatic N) is 1. The molecule has 1 N–H and O–H groups in total. The molecule has 1 rings (SSSR count). The van der Waals surface area contributed by atoms with Crippen LogP contribution in [0.4, 0.5) is 5.69 Å². The number of benzene rings is 1. The Morgan fingerprint density at radius 2 is 2.17 bits per heavy atom. The van der Waals surface area contributed by atoms with Gasteiger partial charge in [0.2, 0.25) is 6.41 Å². The molecule has 1 aromatic carbocycles. The van der Waals surface area contributed by atoms with Crippen molar-refractivity contribution in [2.45, 2.75) is 6.92 Å². The minimum absolute atomic E-state index is 0.585. The zero-order valence-electron chi connectivity index (χ0n) is 6.82. The third kappa shape index (κ3) is 2.20. The molecule has 3 heteroatoms. The van der Waals surface area contributed by atoms with Crippen LogP contribution < -0.4 is 5.32 Å². The third-order valence-electron chi connectivity index (χ3n) is 1.46. The van der Waals surface area contributed by atoms with Crippen LogP contribution in [0.5, 0.6) is 0 Å². The molecule has 3 nitrogen and oxygen atoms in total. The number of carbonyl (C=O) groups excluding carboxylic acids is 1. The van der Waals surface area contributed by atoms with E-state index in [9.17, 15) is 4.79 Å². The van der Waals surface area contributed by atoms with Gasteiger partial charge >= 0.3 is 0 Å². The highest BCUT2D eigenvalue weighted by atomic mass is 16.1. The summed E-state index contributed by atoms with van der Waals surface area (Å²) in [5, 5.41) is 2.35. The molecule has 0 atom stereocenters. The average Bonchev–Trinajstić information content (AvgIpc) is 2.09. The van der Waals surface area contributed by atoms with Crippen LogP contribution in [0, 0.1) is 6.92 Å². The number of aryl methyl sites for hydroxylation is 1. The summed E-state index contributed by atoms with van der Waals surface area (Å²) in [6, 6.07) is 7.70. The van der Waals surface area contributed by atoms with Crippen molar-refractivity contribution in [3.8, 4) is 0 Å². The summed E-state index contributed by atoms with van der Waals surface area (Å²) in [5.74, 6) is 0. The van der Waals surface area contributed by atoms with Gasteiger partial charge in [-0.2, -0.15) is 0 Å². The highest BCUT2D eigenvalue weighted by Crippen LogP contribution is 2.15. The Kier molecular flexibility index (Phi) is 3.02. The van der Waals surface area contributed by atoms with Crippen LogP contribution in [-0.2, 0) is 4.79 Å². The first-order valence-corrected chi connectivity index (χ1v) is 3.62. The molecule has 0 aliphatic carbocycles. The van der Waals surface area contributed by atoms with Crippen molar-refractivity contribution < 1.29 is 4.79 Å². The van der Waals surface area contributed by atoms with Crippen LogP contribution in [0.15, 0.2) is 29.3 Å². The molecule has 0 saturated heterocycles. The molecular weight excluding hydrogens is 152 g/mol. The van der Waals surface area contributed by atoms with E-state index in [1.54, 1.807) is 0 Å². The first kappa shape index (κ1) is 8.46. The smallest absolute Gasteiger partial charge is 0.212 e. The van der Waals surface area contributed by atoms with Crippen molar-refractivity contribution in [3.05, 3.63) is 29.8 Å². The van der Waals surface area contributed by atoms with Crippen molar-refractivity contribution >= 4 is 18.4 Å². The lowest BCUT2D eigenvalue weighted by Crippen LogP contribution is -2.05. The summed E-state index contributed by atoms with van der Waals surface area (Å²) < 4.78 is 0. The SMILES string of the molecule is Cc1ccccc1N=CNC=O.